The molecule has 3 unspecified atom stereocenters. The Morgan fingerprint density at radius 3 is 2.56 bits per heavy atom. The van der Waals surface area contributed by atoms with Crippen molar-refractivity contribution in [1.82, 2.24) is 0 Å². The van der Waals surface area contributed by atoms with E-state index in [-0.39, 0.29) is 22.8 Å². The highest BCUT2D eigenvalue weighted by Gasteiger charge is 2.39. The quantitative estimate of drug-likeness (QED) is 0.916. The zero-order chi connectivity index (χ0) is 13.5. The van der Waals surface area contributed by atoms with E-state index in [1.165, 1.54) is 12.1 Å². The van der Waals surface area contributed by atoms with Gasteiger partial charge in [0.1, 0.15) is 10.7 Å². The van der Waals surface area contributed by atoms with E-state index >= 15 is 0 Å². The number of aliphatic hydroxyl groups is 1. The highest BCUT2D eigenvalue weighted by Crippen LogP contribution is 2.44. The van der Waals surface area contributed by atoms with Gasteiger partial charge in [-0.15, -0.1) is 0 Å². The standard InChI is InChI=1S/C13H17FO3S/c1-3-9-10(7-12(9)15)8-4-5-13(11(14)6-8)18(2,16)17/h4-6,9-10,12,15H,3,7H2,1-2H3. The molecular weight excluding hydrogens is 255 g/mol. The van der Waals surface area contributed by atoms with E-state index in [1.807, 2.05) is 6.92 Å². The molecule has 5 heteroatoms. The fourth-order valence-electron chi connectivity index (χ4n) is 2.67. The molecule has 0 aliphatic heterocycles. The molecule has 1 aromatic rings. The van der Waals surface area contributed by atoms with Gasteiger partial charge >= 0.3 is 0 Å². The Balaban J connectivity index is 2.31. The van der Waals surface area contributed by atoms with Crippen molar-refractivity contribution in [3.63, 3.8) is 0 Å². The molecule has 2 rings (SSSR count). The third-order valence-corrected chi connectivity index (χ3v) is 4.89. The molecule has 0 amide bonds. The maximum Gasteiger partial charge on any atom is 0.178 e. The molecule has 1 aromatic carbocycles. The monoisotopic (exact) mass is 272 g/mol. The molecule has 1 aliphatic rings. The average molecular weight is 272 g/mol. The topological polar surface area (TPSA) is 54.4 Å². The first-order valence-electron chi connectivity index (χ1n) is 6.02. The Kier molecular flexibility index (Phi) is 3.47. The van der Waals surface area contributed by atoms with Crippen LogP contribution in [-0.2, 0) is 9.84 Å². The molecule has 0 bridgehead atoms. The van der Waals surface area contributed by atoms with Crippen LogP contribution < -0.4 is 0 Å². The predicted octanol–water partition coefficient (Wildman–Crippen LogP) is 2.10. The van der Waals surface area contributed by atoms with Crippen LogP contribution >= 0.6 is 0 Å². The van der Waals surface area contributed by atoms with Crippen molar-refractivity contribution >= 4 is 9.84 Å². The van der Waals surface area contributed by atoms with Gasteiger partial charge in [0.2, 0.25) is 0 Å². The summed E-state index contributed by atoms with van der Waals surface area (Å²) in [5.41, 5.74) is 0.775. The van der Waals surface area contributed by atoms with Crippen LogP contribution in [0.1, 0.15) is 31.2 Å². The van der Waals surface area contributed by atoms with E-state index in [2.05, 4.69) is 0 Å². The van der Waals surface area contributed by atoms with E-state index in [1.54, 1.807) is 6.07 Å². The minimum absolute atomic E-state index is 0.133. The number of sulfone groups is 1. The fraction of sp³-hybridized carbons (Fsp3) is 0.538. The second kappa shape index (κ2) is 4.63. The predicted molar refractivity (Wildman–Crippen MR) is 66.7 cm³/mol. The Morgan fingerprint density at radius 2 is 2.11 bits per heavy atom. The van der Waals surface area contributed by atoms with Crippen molar-refractivity contribution in [2.45, 2.75) is 36.7 Å². The lowest BCUT2D eigenvalue weighted by Gasteiger charge is -2.41. The van der Waals surface area contributed by atoms with Gasteiger partial charge in [0, 0.05) is 6.26 Å². The molecule has 3 nitrogen and oxygen atoms in total. The van der Waals surface area contributed by atoms with Gasteiger partial charge in [-0.1, -0.05) is 19.4 Å². The zero-order valence-electron chi connectivity index (χ0n) is 10.4. The van der Waals surface area contributed by atoms with Gasteiger partial charge in [-0.25, -0.2) is 12.8 Å². The first-order valence-corrected chi connectivity index (χ1v) is 7.91. The summed E-state index contributed by atoms with van der Waals surface area (Å²) in [5, 5.41) is 9.60. The van der Waals surface area contributed by atoms with Crippen molar-refractivity contribution in [3.05, 3.63) is 29.6 Å². The number of halogens is 1. The van der Waals surface area contributed by atoms with E-state index < -0.39 is 15.7 Å². The van der Waals surface area contributed by atoms with Crippen LogP contribution in [0.15, 0.2) is 23.1 Å². The van der Waals surface area contributed by atoms with Crippen LogP contribution in [0.3, 0.4) is 0 Å². The molecule has 0 heterocycles. The average Bonchev–Trinajstić information content (AvgIpc) is 2.24. The summed E-state index contributed by atoms with van der Waals surface area (Å²) >= 11 is 0. The number of hydrogen-bond donors (Lipinski definition) is 1. The second-order valence-electron chi connectivity index (χ2n) is 4.94. The molecule has 3 atom stereocenters. The maximum atomic E-state index is 13.8. The first kappa shape index (κ1) is 13.5. The van der Waals surface area contributed by atoms with Gasteiger partial charge in [-0.3, -0.25) is 0 Å². The van der Waals surface area contributed by atoms with Crippen LogP contribution in [0.2, 0.25) is 0 Å². The molecule has 0 spiro atoms. The summed E-state index contributed by atoms with van der Waals surface area (Å²) in [7, 11) is -3.52. The molecule has 100 valence electrons. The van der Waals surface area contributed by atoms with E-state index in [0.717, 1.165) is 18.2 Å². The first-order chi connectivity index (χ1) is 8.34. The van der Waals surface area contributed by atoms with Crippen LogP contribution in [0.25, 0.3) is 0 Å². The lowest BCUT2D eigenvalue weighted by atomic mass is 9.66. The van der Waals surface area contributed by atoms with Gasteiger partial charge < -0.3 is 5.11 Å². The minimum Gasteiger partial charge on any atom is -0.393 e. The van der Waals surface area contributed by atoms with Crippen molar-refractivity contribution in [2.75, 3.05) is 6.26 Å². The van der Waals surface area contributed by atoms with Crippen molar-refractivity contribution in [1.29, 1.82) is 0 Å². The Hall–Kier alpha value is -0.940. The smallest absolute Gasteiger partial charge is 0.178 e. The Bertz CT molecular complexity index is 553. The van der Waals surface area contributed by atoms with Crippen molar-refractivity contribution < 1.29 is 17.9 Å². The van der Waals surface area contributed by atoms with Gasteiger partial charge in [-0.2, -0.15) is 0 Å². The largest absolute Gasteiger partial charge is 0.393 e. The maximum absolute atomic E-state index is 13.8. The SMILES string of the molecule is CCC1C(O)CC1c1ccc(S(C)(=O)=O)c(F)c1. The Morgan fingerprint density at radius 1 is 1.44 bits per heavy atom. The highest BCUT2D eigenvalue weighted by molar-refractivity contribution is 7.90. The minimum atomic E-state index is -3.52. The molecule has 18 heavy (non-hydrogen) atoms. The van der Waals surface area contributed by atoms with Crippen molar-refractivity contribution in [3.8, 4) is 0 Å². The third-order valence-electron chi connectivity index (χ3n) is 3.76. The molecule has 0 aromatic heterocycles. The molecule has 1 fully saturated rings. The third kappa shape index (κ3) is 2.29. The Labute approximate surface area is 107 Å². The van der Waals surface area contributed by atoms with E-state index in [4.69, 9.17) is 0 Å². The summed E-state index contributed by atoms with van der Waals surface area (Å²) in [6.45, 7) is 1.99. The van der Waals surface area contributed by atoms with Crippen LogP contribution in [-0.4, -0.2) is 25.9 Å². The zero-order valence-corrected chi connectivity index (χ0v) is 11.2. The molecule has 1 N–H and O–H groups in total. The van der Waals surface area contributed by atoms with E-state index in [0.29, 0.717) is 6.42 Å². The molecule has 1 aliphatic carbocycles. The summed E-state index contributed by atoms with van der Waals surface area (Å²) in [5.74, 6) is -0.423. The number of hydrogen-bond acceptors (Lipinski definition) is 3. The number of aliphatic hydroxyl groups excluding tert-OH is 1. The number of benzene rings is 1. The lowest BCUT2D eigenvalue weighted by molar-refractivity contribution is -0.000847. The number of rotatable bonds is 3. The summed E-state index contributed by atoms with van der Waals surface area (Å²) in [6, 6.07) is 4.26. The lowest BCUT2D eigenvalue weighted by Crippen LogP contribution is -2.39. The molecule has 0 radical (unpaired) electrons. The fourth-order valence-corrected chi connectivity index (χ4v) is 3.40. The van der Waals surface area contributed by atoms with Gasteiger partial charge in [0.15, 0.2) is 9.84 Å². The van der Waals surface area contributed by atoms with E-state index in [9.17, 15) is 17.9 Å². The second-order valence-corrected chi connectivity index (χ2v) is 6.93. The highest BCUT2D eigenvalue weighted by atomic mass is 32.2. The van der Waals surface area contributed by atoms with Crippen LogP contribution in [0.5, 0.6) is 0 Å². The normalized spacial score (nSPS) is 27.9. The van der Waals surface area contributed by atoms with Gasteiger partial charge in [0.25, 0.3) is 0 Å². The molecule has 0 saturated heterocycles. The van der Waals surface area contributed by atoms with Crippen molar-refractivity contribution in [2.24, 2.45) is 5.92 Å². The van der Waals surface area contributed by atoms with Crippen LogP contribution in [0.4, 0.5) is 4.39 Å². The van der Waals surface area contributed by atoms with Gasteiger partial charge in [0.05, 0.1) is 6.10 Å². The van der Waals surface area contributed by atoms with Crippen LogP contribution in [0, 0.1) is 11.7 Å². The summed E-state index contributed by atoms with van der Waals surface area (Å²) in [4.78, 5) is -0.265. The summed E-state index contributed by atoms with van der Waals surface area (Å²) < 4.78 is 36.4. The summed E-state index contributed by atoms with van der Waals surface area (Å²) in [6.07, 6.45) is 2.13. The molecular formula is C13H17FO3S. The molecule has 1 saturated carbocycles. The van der Waals surface area contributed by atoms with Gasteiger partial charge in [-0.05, 0) is 36.0 Å².